The van der Waals surface area contributed by atoms with Gasteiger partial charge in [-0.3, -0.25) is 9.59 Å². The first-order valence-electron chi connectivity index (χ1n) is 8.26. The molecule has 1 N–H and O–H groups in total. The molecule has 0 unspecified atom stereocenters. The van der Waals surface area contributed by atoms with E-state index in [1.807, 2.05) is 24.3 Å². The van der Waals surface area contributed by atoms with Crippen LogP contribution in [0.2, 0.25) is 0 Å². The number of benzene rings is 2. The van der Waals surface area contributed by atoms with Gasteiger partial charge in [0.2, 0.25) is 5.91 Å². The van der Waals surface area contributed by atoms with E-state index in [9.17, 15) is 9.59 Å². The average Bonchev–Trinajstić information content (AvgIpc) is 2.69. The molecule has 7 nitrogen and oxygen atoms in total. The van der Waals surface area contributed by atoms with Crippen LogP contribution in [-0.4, -0.2) is 29.9 Å². The molecular weight excluding hydrogens is 346 g/mol. The lowest BCUT2D eigenvalue weighted by Gasteiger charge is -2.11. The molecular formula is C20H19N3O4. The summed E-state index contributed by atoms with van der Waals surface area (Å²) in [5.41, 5.74) is 1.59. The number of rotatable bonds is 6. The smallest absolute Gasteiger partial charge is 0.267 e. The fourth-order valence-electron chi connectivity index (χ4n) is 2.57. The molecule has 0 aliphatic heterocycles. The highest BCUT2D eigenvalue weighted by Crippen LogP contribution is 2.31. The Labute approximate surface area is 156 Å². The van der Waals surface area contributed by atoms with Crippen molar-refractivity contribution in [2.75, 3.05) is 19.5 Å². The van der Waals surface area contributed by atoms with Gasteiger partial charge in [-0.15, -0.1) is 0 Å². The molecule has 0 radical (unpaired) electrons. The Bertz CT molecular complexity index is 1000. The first-order chi connectivity index (χ1) is 13.1. The maximum absolute atomic E-state index is 12.2. The highest BCUT2D eigenvalue weighted by atomic mass is 16.5. The van der Waals surface area contributed by atoms with Crippen molar-refractivity contribution in [2.45, 2.75) is 6.54 Å². The van der Waals surface area contributed by atoms with Gasteiger partial charge in [0.25, 0.3) is 5.56 Å². The van der Waals surface area contributed by atoms with Gasteiger partial charge in [-0.05, 0) is 36.4 Å². The number of hydrogen-bond acceptors (Lipinski definition) is 5. The summed E-state index contributed by atoms with van der Waals surface area (Å²) in [5, 5.41) is 7.04. The van der Waals surface area contributed by atoms with E-state index in [-0.39, 0.29) is 18.0 Å². The predicted octanol–water partition coefficient (Wildman–Crippen LogP) is 2.57. The van der Waals surface area contributed by atoms with Gasteiger partial charge in [0.15, 0.2) is 11.5 Å². The first-order valence-corrected chi connectivity index (χ1v) is 8.26. The van der Waals surface area contributed by atoms with Crippen LogP contribution in [-0.2, 0) is 11.3 Å². The van der Waals surface area contributed by atoms with Gasteiger partial charge in [-0.2, -0.15) is 5.10 Å². The molecule has 0 saturated carbocycles. The van der Waals surface area contributed by atoms with Crippen molar-refractivity contribution in [1.82, 2.24) is 9.78 Å². The highest BCUT2D eigenvalue weighted by molar-refractivity contribution is 5.90. The Morgan fingerprint density at radius 2 is 1.74 bits per heavy atom. The summed E-state index contributed by atoms with van der Waals surface area (Å²) in [6.45, 7) is -0.186. The lowest BCUT2D eigenvalue weighted by Crippen LogP contribution is -2.29. The Hall–Kier alpha value is -3.61. The molecule has 0 aliphatic rings. The third-order valence-electron chi connectivity index (χ3n) is 3.90. The summed E-state index contributed by atoms with van der Waals surface area (Å²) >= 11 is 0. The van der Waals surface area contributed by atoms with Crippen LogP contribution in [0.1, 0.15) is 0 Å². The van der Waals surface area contributed by atoms with E-state index in [1.54, 1.807) is 44.6 Å². The van der Waals surface area contributed by atoms with Crippen LogP contribution in [0.5, 0.6) is 11.5 Å². The fourth-order valence-corrected chi connectivity index (χ4v) is 2.57. The fraction of sp³-hybridized carbons (Fsp3) is 0.150. The SMILES string of the molecule is COc1ccc(-c2ccc(=O)n(CC(=O)Nc3ccccc3)n2)cc1OC. The summed E-state index contributed by atoms with van der Waals surface area (Å²) in [7, 11) is 3.10. The Morgan fingerprint density at radius 1 is 1.00 bits per heavy atom. The van der Waals surface area contributed by atoms with Gasteiger partial charge in [-0.1, -0.05) is 18.2 Å². The van der Waals surface area contributed by atoms with E-state index in [0.717, 1.165) is 10.2 Å². The van der Waals surface area contributed by atoms with E-state index in [4.69, 9.17) is 9.47 Å². The number of para-hydroxylation sites is 1. The van der Waals surface area contributed by atoms with E-state index in [2.05, 4.69) is 10.4 Å². The summed E-state index contributed by atoms with van der Waals surface area (Å²) in [6, 6.07) is 17.4. The maximum Gasteiger partial charge on any atom is 0.267 e. The number of ether oxygens (including phenoxy) is 2. The maximum atomic E-state index is 12.2. The van der Waals surface area contributed by atoms with Gasteiger partial charge >= 0.3 is 0 Å². The molecule has 0 aliphatic carbocycles. The number of amides is 1. The van der Waals surface area contributed by atoms with Crippen LogP contribution in [0.15, 0.2) is 65.5 Å². The molecule has 0 saturated heterocycles. The second-order valence-corrected chi connectivity index (χ2v) is 5.70. The van der Waals surface area contributed by atoms with Crippen molar-refractivity contribution in [3.05, 3.63) is 71.0 Å². The van der Waals surface area contributed by atoms with Crippen molar-refractivity contribution in [3.63, 3.8) is 0 Å². The second-order valence-electron chi connectivity index (χ2n) is 5.70. The van der Waals surface area contributed by atoms with Crippen molar-refractivity contribution < 1.29 is 14.3 Å². The molecule has 7 heteroatoms. The summed E-state index contributed by atoms with van der Waals surface area (Å²) in [5.74, 6) is 0.813. The van der Waals surface area contributed by atoms with Crippen LogP contribution in [0.3, 0.4) is 0 Å². The number of carbonyl (C=O) groups excluding carboxylic acids is 1. The van der Waals surface area contributed by atoms with Gasteiger partial charge in [0, 0.05) is 17.3 Å². The third-order valence-corrected chi connectivity index (χ3v) is 3.90. The number of methoxy groups -OCH3 is 2. The van der Waals surface area contributed by atoms with E-state index in [0.29, 0.717) is 22.9 Å². The summed E-state index contributed by atoms with van der Waals surface area (Å²) in [6.07, 6.45) is 0. The van der Waals surface area contributed by atoms with Crippen LogP contribution < -0.4 is 20.3 Å². The lowest BCUT2D eigenvalue weighted by molar-refractivity contribution is -0.117. The minimum atomic E-state index is -0.359. The zero-order valence-electron chi connectivity index (χ0n) is 15.0. The third kappa shape index (κ3) is 4.33. The van der Waals surface area contributed by atoms with Crippen molar-refractivity contribution in [2.24, 2.45) is 0 Å². The van der Waals surface area contributed by atoms with Crippen LogP contribution >= 0.6 is 0 Å². The topological polar surface area (TPSA) is 82.5 Å². The monoisotopic (exact) mass is 365 g/mol. The molecule has 27 heavy (non-hydrogen) atoms. The van der Waals surface area contributed by atoms with E-state index in [1.165, 1.54) is 6.07 Å². The predicted molar refractivity (Wildman–Crippen MR) is 102 cm³/mol. The molecule has 1 heterocycles. The number of nitrogens with zero attached hydrogens (tertiary/aromatic N) is 2. The van der Waals surface area contributed by atoms with Gasteiger partial charge < -0.3 is 14.8 Å². The molecule has 0 atom stereocenters. The van der Waals surface area contributed by atoms with Crippen molar-refractivity contribution in [3.8, 4) is 22.8 Å². The Morgan fingerprint density at radius 3 is 2.44 bits per heavy atom. The molecule has 138 valence electrons. The minimum absolute atomic E-state index is 0.186. The number of anilines is 1. The zero-order chi connectivity index (χ0) is 19.2. The highest BCUT2D eigenvalue weighted by Gasteiger charge is 2.11. The second kappa shape index (κ2) is 8.18. The number of nitrogens with one attached hydrogen (secondary N) is 1. The molecule has 3 rings (SSSR count). The van der Waals surface area contributed by atoms with Crippen molar-refractivity contribution >= 4 is 11.6 Å². The molecule has 1 aromatic heterocycles. The zero-order valence-corrected chi connectivity index (χ0v) is 15.0. The molecule has 2 aromatic carbocycles. The van der Waals surface area contributed by atoms with E-state index < -0.39 is 0 Å². The van der Waals surface area contributed by atoms with Crippen molar-refractivity contribution in [1.29, 1.82) is 0 Å². The van der Waals surface area contributed by atoms with Gasteiger partial charge in [-0.25, -0.2) is 4.68 Å². The van der Waals surface area contributed by atoms with Gasteiger partial charge in [0.05, 0.1) is 19.9 Å². The van der Waals surface area contributed by atoms with Gasteiger partial charge in [0.1, 0.15) is 6.54 Å². The average molecular weight is 365 g/mol. The summed E-state index contributed by atoms with van der Waals surface area (Å²) in [4.78, 5) is 24.3. The van der Waals surface area contributed by atoms with Crippen LogP contribution in [0.4, 0.5) is 5.69 Å². The number of hydrogen-bond donors (Lipinski definition) is 1. The van der Waals surface area contributed by atoms with Crippen LogP contribution in [0.25, 0.3) is 11.3 Å². The first kappa shape index (κ1) is 18.2. The summed E-state index contributed by atoms with van der Waals surface area (Å²) < 4.78 is 11.7. The Balaban J connectivity index is 1.84. The molecule has 0 fully saturated rings. The lowest BCUT2D eigenvalue weighted by atomic mass is 10.1. The Kier molecular flexibility index (Phi) is 5.51. The number of carbonyl (C=O) groups is 1. The molecule has 3 aromatic rings. The quantitative estimate of drug-likeness (QED) is 0.726. The number of aromatic nitrogens is 2. The largest absolute Gasteiger partial charge is 0.493 e. The standard InChI is InChI=1S/C20H19N3O4/c1-26-17-10-8-14(12-18(17)27-2)16-9-11-20(25)23(22-16)13-19(24)21-15-6-4-3-5-7-15/h3-12H,13H2,1-2H3,(H,21,24). The molecule has 0 spiro atoms. The van der Waals surface area contributed by atoms with Crippen LogP contribution in [0, 0.1) is 0 Å². The molecule has 0 bridgehead atoms. The van der Waals surface area contributed by atoms with E-state index >= 15 is 0 Å². The molecule has 1 amide bonds. The minimum Gasteiger partial charge on any atom is -0.493 e. The normalized spacial score (nSPS) is 10.3.